The molecule has 1 aromatic carbocycles. The first-order chi connectivity index (χ1) is 11.5. The van der Waals surface area contributed by atoms with Gasteiger partial charge in [0.1, 0.15) is 5.75 Å². The molecule has 0 spiro atoms. The quantitative estimate of drug-likeness (QED) is 0.478. The molecule has 1 heterocycles. The van der Waals surface area contributed by atoms with Crippen LogP contribution in [0.4, 0.5) is 19.0 Å². The van der Waals surface area contributed by atoms with Crippen molar-refractivity contribution in [1.29, 1.82) is 0 Å². The molecule has 0 bridgehead atoms. The zero-order valence-corrected chi connectivity index (χ0v) is 14.9. The van der Waals surface area contributed by atoms with Crippen molar-refractivity contribution in [3.05, 3.63) is 45.5 Å². The van der Waals surface area contributed by atoms with Gasteiger partial charge < -0.3 is 15.3 Å². The molecule has 6 nitrogen and oxygen atoms in total. The number of hydrogen-bond donors (Lipinski definition) is 3. The predicted octanol–water partition coefficient (Wildman–Crippen LogP) is 4.52. The molecule has 2 aromatic rings. The molecular formula is C14H12BrClF3N3O3. The second-order valence-corrected chi connectivity index (χ2v) is 5.81. The first-order valence-corrected chi connectivity index (χ1v) is 7.58. The van der Waals surface area contributed by atoms with E-state index in [1.54, 1.807) is 18.3 Å². The summed E-state index contributed by atoms with van der Waals surface area (Å²) in [5, 5.41) is 7.71. The molecule has 1 aromatic heterocycles. The van der Waals surface area contributed by atoms with Crippen molar-refractivity contribution in [3.8, 4) is 11.5 Å². The van der Waals surface area contributed by atoms with Crippen LogP contribution in [0.2, 0.25) is 5.02 Å². The number of hydrazine groups is 1. The third-order valence-corrected chi connectivity index (χ3v) is 3.21. The van der Waals surface area contributed by atoms with Gasteiger partial charge in [0.25, 0.3) is 0 Å². The monoisotopic (exact) mass is 441 g/mol. The Balaban J connectivity index is 0.000000381. The third-order valence-electron chi connectivity index (χ3n) is 2.54. The molecule has 0 amide bonds. The summed E-state index contributed by atoms with van der Waals surface area (Å²) < 4.78 is 38.4. The van der Waals surface area contributed by atoms with E-state index in [1.807, 2.05) is 19.1 Å². The van der Waals surface area contributed by atoms with Crippen LogP contribution in [0.25, 0.3) is 0 Å². The zero-order chi connectivity index (χ0) is 19.2. The largest absolute Gasteiger partial charge is 0.490 e. The van der Waals surface area contributed by atoms with Gasteiger partial charge in [-0.25, -0.2) is 15.6 Å². The molecule has 0 saturated heterocycles. The molecule has 0 saturated carbocycles. The predicted molar refractivity (Wildman–Crippen MR) is 89.7 cm³/mol. The van der Waals surface area contributed by atoms with Crippen LogP contribution in [0.1, 0.15) is 5.56 Å². The number of hydrogen-bond acceptors (Lipinski definition) is 5. The van der Waals surface area contributed by atoms with Gasteiger partial charge in [-0.15, -0.1) is 0 Å². The van der Waals surface area contributed by atoms with Crippen LogP contribution in [0.5, 0.6) is 11.5 Å². The zero-order valence-electron chi connectivity index (χ0n) is 12.6. The lowest BCUT2D eigenvalue weighted by Crippen LogP contribution is -2.21. The highest BCUT2D eigenvalue weighted by atomic mass is 79.9. The number of carboxylic acid groups (broad SMARTS) is 1. The van der Waals surface area contributed by atoms with Gasteiger partial charge in [0, 0.05) is 15.7 Å². The number of aliphatic carboxylic acids is 1. The molecule has 136 valence electrons. The van der Waals surface area contributed by atoms with Gasteiger partial charge in [0.2, 0.25) is 0 Å². The molecular weight excluding hydrogens is 431 g/mol. The van der Waals surface area contributed by atoms with E-state index < -0.39 is 12.1 Å². The number of aromatic nitrogens is 1. The molecule has 25 heavy (non-hydrogen) atoms. The van der Waals surface area contributed by atoms with Crippen molar-refractivity contribution in [2.75, 3.05) is 5.43 Å². The van der Waals surface area contributed by atoms with Crippen molar-refractivity contribution in [2.45, 2.75) is 13.1 Å². The van der Waals surface area contributed by atoms with E-state index in [-0.39, 0.29) is 0 Å². The van der Waals surface area contributed by atoms with E-state index in [1.165, 1.54) is 0 Å². The second-order valence-electron chi connectivity index (χ2n) is 4.46. The van der Waals surface area contributed by atoms with Gasteiger partial charge in [0.05, 0.1) is 0 Å². The molecule has 2 rings (SSSR count). The average molecular weight is 443 g/mol. The van der Waals surface area contributed by atoms with E-state index in [9.17, 15) is 13.2 Å². The summed E-state index contributed by atoms with van der Waals surface area (Å²) in [6, 6.07) is 7.17. The highest BCUT2D eigenvalue weighted by Crippen LogP contribution is 2.33. The summed E-state index contributed by atoms with van der Waals surface area (Å²) in [4.78, 5) is 13.0. The van der Waals surface area contributed by atoms with E-state index in [0.717, 1.165) is 10.0 Å². The molecule has 4 N–H and O–H groups in total. The van der Waals surface area contributed by atoms with Gasteiger partial charge in [0.15, 0.2) is 11.6 Å². The van der Waals surface area contributed by atoms with Gasteiger partial charge in [-0.3, -0.25) is 0 Å². The Kier molecular flexibility index (Phi) is 7.46. The molecule has 0 atom stereocenters. The molecule has 0 aliphatic heterocycles. The highest BCUT2D eigenvalue weighted by Gasteiger charge is 2.38. The van der Waals surface area contributed by atoms with Crippen molar-refractivity contribution < 1.29 is 27.8 Å². The fourth-order valence-corrected chi connectivity index (χ4v) is 2.31. The molecule has 0 aliphatic carbocycles. The van der Waals surface area contributed by atoms with Gasteiger partial charge in [-0.2, -0.15) is 13.2 Å². The van der Waals surface area contributed by atoms with Crippen LogP contribution in [-0.4, -0.2) is 22.2 Å². The number of nitrogens with two attached hydrogens (primary N) is 1. The van der Waals surface area contributed by atoms with Crippen molar-refractivity contribution in [3.63, 3.8) is 0 Å². The Morgan fingerprint density at radius 3 is 2.48 bits per heavy atom. The molecule has 11 heteroatoms. The maximum atomic E-state index is 10.6. The number of benzene rings is 1. The summed E-state index contributed by atoms with van der Waals surface area (Å²) in [6.07, 6.45) is -3.43. The van der Waals surface area contributed by atoms with Gasteiger partial charge in [-0.05, 0) is 36.8 Å². The lowest BCUT2D eigenvalue weighted by molar-refractivity contribution is -0.192. The Morgan fingerprint density at radius 2 is 2.00 bits per heavy atom. The van der Waals surface area contributed by atoms with Crippen molar-refractivity contribution >= 4 is 39.3 Å². The number of aryl methyl sites for hydroxylation is 1. The molecule has 0 fully saturated rings. The summed E-state index contributed by atoms with van der Waals surface area (Å²) in [7, 11) is 0. The number of pyridine rings is 1. The van der Waals surface area contributed by atoms with E-state index in [0.29, 0.717) is 22.3 Å². The Morgan fingerprint density at radius 1 is 1.40 bits per heavy atom. The van der Waals surface area contributed by atoms with Crippen LogP contribution < -0.4 is 16.0 Å². The number of carbonyl (C=O) groups is 1. The van der Waals surface area contributed by atoms with Crippen LogP contribution >= 0.6 is 27.5 Å². The Labute approximate surface area is 153 Å². The number of carboxylic acids is 1. The number of halogens is 5. The number of nitrogens with zero attached hydrogens (tertiary/aromatic N) is 1. The lowest BCUT2D eigenvalue weighted by Gasteiger charge is -2.12. The van der Waals surface area contributed by atoms with Crippen LogP contribution in [0, 0.1) is 6.92 Å². The van der Waals surface area contributed by atoms with Crippen LogP contribution in [0.15, 0.2) is 34.9 Å². The summed E-state index contributed by atoms with van der Waals surface area (Å²) >= 11 is 9.32. The molecule has 0 aliphatic rings. The van der Waals surface area contributed by atoms with E-state index >= 15 is 0 Å². The number of ether oxygens (including phenoxy) is 1. The minimum Gasteiger partial charge on any atom is -0.475 e. The highest BCUT2D eigenvalue weighted by molar-refractivity contribution is 9.10. The Hall–Kier alpha value is -2.04. The third kappa shape index (κ3) is 6.77. The number of anilines is 1. The fraction of sp³-hybridized carbons (Fsp3) is 0.143. The summed E-state index contributed by atoms with van der Waals surface area (Å²) in [5.74, 6) is 4.32. The van der Waals surface area contributed by atoms with Gasteiger partial charge >= 0.3 is 12.1 Å². The lowest BCUT2D eigenvalue weighted by atomic mass is 10.2. The minimum atomic E-state index is -5.08. The standard InChI is InChI=1S/C12H11BrClN3O.C2HF3O2/c1-7-2-3-16-12(17-15)11(7)18-10-5-8(13)4-9(14)6-10;3-2(4,5)1(6)7/h2-6H,15H2,1H3,(H,16,17);(H,6,7). The maximum absolute atomic E-state index is 10.6. The SMILES string of the molecule is Cc1ccnc(NN)c1Oc1cc(Cl)cc(Br)c1.O=C(O)C(F)(F)F. The first-order valence-electron chi connectivity index (χ1n) is 6.41. The topological polar surface area (TPSA) is 97.5 Å². The maximum Gasteiger partial charge on any atom is 0.490 e. The minimum absolute atomic E-state index is 0.478. The number of nitrogens with one attached hydrogen (secondary N) is 1. The Bertz CT molecular complexity index is 740. The molecule has 0 radical (unpaired) electrons. The smallest absolute Gasteiger partial charge is 0.475 e. The van der Waals surface area contributed by atoms with Crippen LogP contribution in [-0.2, 0) is 4.79 Å². The van der Waals surface area contributed by atoms with Gasteiger partial charge in [-0.1, -0.05) is 27.5 Å². The number of alkyl halides is 3. The van der Waals surface area contributed by atoms with E-state index in [2.05, 4.69) is 26.3 Å². The average Bonchev–Trinajstić information content (AvgIpc) is 2.48. The second kappa shape index (κ2) is 8.88. The fourth-order valence-electron chi connectivity index (χ4n) is 1.48. The normalized spacial score (nSPS) is 10.5. The van der Waals surface area contributed by atoms with Crippen molar-refractivity contribution in [1.82, 2.24) is 4.98 Å². The number of nitrogen functional groups attached to an aromatic ring is 1. The number of rotatable bonds is 3. The summed E-state index contributed by atoms with van der Waals surface area (Å²) in [6.45, 7) is 1.91. The molecule has 0 unspecified atom stereocenters. The van der Waals surface area contributed by atoms with Crippen molar-refractivity contribution in [2.24, 2.45) is 5.84 Å². The van der Waals surface area contributed by atoms with Crippen LogP contribution in [0.3, 0.4) is 0 Å². The summed E-state index contributed by atoms with van der Waals surface area (Å²) in [5.41, 5.74) is 3.43. The first kappa shape index (κ1) is 21.0. The van der Waals surface area contributed by atoms with E-state index in [4.69, 9.17) is 32.1 Å².